The van der Waals surface area contributed by atoms with Gasteiger partial charge in [-0.3, -0.25) is 0 Å². The van der Waals surface area contributed by atoms with Gasteiger partial charge in [-0.15, -0.1) is 0 Å². The van der Waals surface area contributed by atoms with E-state index < -0.39 is 0 Å². The molecule has 1 aromatic heterocycles. The van der Waals surface area contributed by atoms with Gasteiger partial charge >= 0.3 is 0 Å². The van der Waals surface area contributed by atoms with Gasteiger partial charge in [-0.1, -0.05) is 11.6 Å². The van der Waals surface area contributed by atoms with E-state index in [1.54, 1.807) is 7.11 Å². The molecule has 0 radical (unpaired) electrons. The zero-order valence-corrected chi connectivity index (χ0v) is 11.0. The number of aromatic nitrogens is 2. The number of nitrogen functional groups attached to an aromatic ring is 1. The Balaban J connectivity index is 2.50. The Morgan fingerprint density at radius 2 is 2.18 bits per heavy atom. The summed E-state index contributed by atoms with van der Waals surface area (Å²) in [7, 11) is 1.69. The molecule has 2 rings (SSSR count). The smallest absolute Gasteiger partial charge is 0.201 e. The average molecular weight is 254 g/mol. The number of nitrogens with two attached hydrogens (primary N) is 1. The standard InChI is InChI=1S/C12H16ClN3O/c1-12(2,17-3)7-16-10-5-4-8(13)6-9(10)15-11(16)14/h4-6H,7H2,1-3H3,(H2,14,15). The summed E-state index contributed by atoms with van der Waals surface area (Å²) in [6.07, 6.45) is 0. The van der Waals surface area contributed by atoms with Crippen LogP contribution in [0.5, 0.6) is 0 Å². The Morgan fingerprint density at radius 3 is 2.82 bits per heavy atom. The molecule has 0 saturated carbocycles. The van der Waals surface area contributed by atoms with Crippen LogP contribution in [-0.4, -0.2) is 22.3 Å². The van der Waals surface area contributed by atoms with Gasteiger partial charge in [-0.25, -0.2) is 4.98 Å². The highest BCUT2D eigenvalue weighted by Gasteiger charge is 2.20. The lowest BCUT2D eigenvalue weighted by Gasteiger charge is -2.24. The number of benzene rings is 1. The Kier molecular flexibility index (Phi) is 3.02. The maximum atomic E-state index is 5.93. The van der Waals surface area contributed by atoms with Gasteiger partial charge in [-0.05, 0) is 32.0 Å². The summed E-state index contributed by atoms with van der Waals surface area (Å²) in [6.45, 7) is 4.66. The van der Waals surface area contributed by atoms with Gasteiger partial charge in [-0.2, -0.15) is 0 Å². The van der Waals surface area contributed by atoms with Crippen LogP contribution >= 0.6 is 11.6 Å². The molecule has 17 heavy (non-hydrogen) atoms. The van der Waals surface area contributed by atoms with Gasteiger partial charge in [0.25, 0.3) is 0 Å². The molecule has 0 aliphatic rings. The number of fused-ring (bicyclic) bond motifs is 1. The Labute approximate surface area is 105 Å². The summed E-state index contributed by atoms with van der Waals surface area (Å²) in [5.74, 6) is 0.479. The van der Waals surface area contributed by atoms with E-state index >= 15 is 0 Å². The van der Waals surface area contributed by atoms with Crippen molar-refractivity contribution in [2.45, 2.75) is 26.0 Å². The van der Waals surface area contributed by atoms with Crippen molar-refractivity contribution >= 4 is 28.6 Å². The van der Waals surface area contributed by atoms with Crippen LogP contribution in [0.25, 0.3) is 11.0 Å². The monoisotopic (exact) mass is 253 g/mol. The molecule has 5 heteroatoms. The number of nitrogens with zero attached hydrogens (tertiary/aromatic N) is 2. The Hall–Kier alpha value is -1.26. The van der Waals surface area contributed by atoms with Gasteiger partial charge in [0.15, 0.2) is 0 Å². The van der Waals surface area contributed by atoms with E-state index in [4.69, 9.17) is 22.1 Å². The molecule has 0 fully saturated rings. The summed E-state index contributed by atoms with van der Waals surface area (Å²) >= 11 is 5.93. The summed E-state index contributed by atoms with van der Waals surface area (Å²) in [5, 5.41) is 0.660. The third kappa shape index (κ3) is 2.37. The van der Waals surface area contributed by atoms with Crippen LogP contribution in [0.1, 0.15) is 13.8 Å². The molecule has 0 atom stereocenters. The minimum atomic E-state index is -0.290. The van der Waals surface area contributed by atoms with E-state index in [9.17, 15) is 0 Å². The number of hydrogen-bond acceptors (Lipinski definition) is 3. The minimum absolute atomic E-state index is 0.290. The first-order valence-electron chi connectivity index (χ1n) is 5.39. The molecule has 0 unspecified atom stereocenters. The summed E-state index contributed by atoms with van der Waals surface area (Å²) in [5.41, 5.74) is 7.40. The lowest BCUT2D eigenvalue weighted by molar-refractivity contribution is 0.00947. The lowest BCUT2D eigenvalue weighted by Crippen LogP contribution is -2.29. The third-order valence-corrected chi connectivity index (χ3v) is 3.07. The first-order valence-corrected chi connectivity index (χ1v) is 5.77. The molecule has 2 N–H and O–H groups in total. The molecule has 2 aromatic rings. The molecule has 1 heterocycles. The molecule has 0 aliphatic heterocycles. The number of anilines is 1. The van der Waals surface area contributed by atoms with E-state index in [2.05, 4.69) is 4.98 Å². The van der Waals surface area contributed by atoms with Crippen molar-refractivity contribution in [2.24, 2.45) is 0 Å². The predicted octanol–water partition coefficient (Wildman–Crippen LogP) is 2.70. The number of imidazole rings is 1. The Bertz CT molecular complexity index is 548. The van der Waals surface area contributed by atoms with Gasteiger partial charge in [0.05, 0.1) is 23.2 Å². The van der Waals surface area contributed by atoms with Crippen molar-refractivity contribution in [1.82, 2.24) is 9.55 Å². The zero-order valence-electron chi connectivity index (χ0n) is 10.2. The molecular weight excluding hydrogens is 238 g/mol. The second-order valence-corrected chi connectivity index (χ2v) is 5.09. The molecule has 0 bridgehead atoms. The lowest BCUT2D eigenvalue weighted by atomic mass is 10.1. The molecule has 0 aliphatic carbocycles. The number of rotatable bonds is 3. The van der Waals surface area contributed by atoms with Crippen LogP contribution in [-0.2, 0) is 11.3 Å². The maximum absolute atomic E-state index is 5.93. The van der Waals surface area contributed by atoms with Gasteiger partial charge in [0.1, 0.15) is 0 Å². The highest BCUT2D eigenvalue weighted by Crippen LogP contribution is 2.24. The fourth-order valence-corrected chi connectivity index (χ4v) is 1.90. The van der Waals surface area contributed by atoms with Crippen LogP contribution in [0, 0.1) is 0 Å². The molecule has 0 spiro atoms. The quantitative estimate of drug-likeness (QED) is 0.915. The molecule has 0 saturated heterocycles. The van der Waals surface area contributed by atoms with Gasteiger partial charge in [0, 0.05) is 12.1 Å². The van der Waals surface area contributed by atoms with Crippen molar-refractivity contribution < 1.29 is 4.74 Å². The van der Waals surface area contributed by atoms with Gasteiger partial charge < -0.3 is 15.0 Å². The fraction of sp³-hybridized carbons (Fsp3) is 0.417. The van der Waals surface area contributed by atoms with Crippen LogP contribution < -0.4 is 5.73 Å². The Morgan fingerprint density at radius 1 is 1.47 bits per heavy atom. The molecule has 0 amide bonds. The number of methoxy groups -OCH3 is 1. The normalized spacial score (nSPS) is 12.2. The zero-order chi connectivity index (χ0) is 12.6. The second kappa shape index (κ2) is 4.20. The van der Waals surface area contributed by atoms with Crippen molar-refractivity contribution in [3.8, 4) is 0 Å². The van der Waals surface area contributed by atoms with E-state index in [-0.39, 0.29) is 5.60 Å². The minimum Gasteiger partial charge on any atom is -0.377 e. The number of halogens is 1. The van der Waals surface area contributed by atoms with E-state index in [0.717, 1.165) is 11.0 Å². The molecule has 1 aromatic carbocycles. The van der Waals surface area contributed by atoms with Crippen molar-refractivity contribution in [3.63, 3.8) is 0 Å². The van der Waals surface area contributed by atoms with Gasteiger partial charge in [0.2, 0.25) is 5.95 Å². The predicted molar refractivity (Wildman–Crippen MR) is 70.2 cm³/mol. The van der Waals surface area contributed by atoms with E-state index in [1.165, 1.54) is 0 Å². The largest absolute Gasteiger partial charge is 0.377 e. The highest BCUT2D eigenvalue weighted by molar-refractivity contribution is 6.31. The first kappa shape index (κ1) is 12.2. The van der Waals surface area contributed by atoms with Crippen LogP contribution in [0.15, 0.2) is 18.2 Å². The van der Waals surface area contributed by atoms with Crippen molar-refractivity contribution in [3.05, 3.63) is 23.2 Å². The SMILES string of the molecule is COC(C)(C)Cn1c(N)nc2cc(Cl)ccc21. The van der Waals surface area contributed by atoms with Crippen LogP contribution in [0.3, 0.4) is 0 Å². The maximum Gasteiger partial charge on any atom is 0.201 e. The summed E-state index contributed by atoms with van der Waals surface area (Å²) < 4.78 is 7.35. The van der Waals surface area contributed by atoms with Crippen LogP contribution in [0.4, 0.5) is 5.95 Å². The molecule has 4 nitrogen and oxygen atoms in total. The summed E-state index contributed by atoms with van der Waals surface area (Å²) in [6, 6.07) is 5.57. The molecular formula is C12H16ClN3O. The third-order valence-electron chi connectivity index (χ3n) is 2.83. The fourth-order valence-electron chi connectivity index (χ4n) is 1.73. The van der Waals surface area contributed by atoms with Crippen LogP contribution in [0.2, 0.25) is 5.02 Å². The summed E-state index contributed by atoms with van der Waals surface area (Å²) in [4.78, 5) is 4.29. The van der Waals surface area contributed by atoms with E-state index in [0.29, 0.717) is 17.5 Å². The average Bonchev–Trinajstić information content (AvgIpc) is 2.54. The van der Waals surface area contributed by atoms with Crippen molar-refractivity contribution in [2.75, 3.05) is 12.8 Å². The van der Waals surface area contributed by atoms with E-state index in [1.807, 2.05) is 36.6 Å². The van der Waals surface area contributed by atoms with Crippen molar-refractivity contribution in [1.29, 1.82) is 0 Å². The topological polar surface area (TPSA) is 53.1 Å². The second-order valence-electron chi connectivity index (χ2n) is 4.65. The highest BCUT2D eigenvalue weighted by atomic mass is 35.5. The number of hydrogen-bond donors (Lipinski definition) is 1. The number of ether oxygens (including phenoxy) is 1. The molecule has 92 valence electrons. The first-order chi connectivity index (χ1) is 7.93.